The summed E-state index contributed by atoms with van der Waals surface area (Å²) in [4.78, 5) is 0. The Morgan fingerprint density at radius 2 is 1.60 bits per heavy atom. The van der Waals surface area contributed by atoms with Crippen LogP contribution in [0.15, 0.2) is 30.3 Å². The Labute approximate surface area is 104 Å². The monoisotopic (exact) mass is 246 g/mol. The summed E-state index contributed by atoms with van der Waals surface area (Å²) in [6, 6.07) is 9.96. The van der Waals surface area contributed by atoms with Crippen molar-refractivity contribution >= 4 is 23.2 Å². The predicted molar refractivity (Wildman–Crippen MR) is 70.9 cm³/mol. The molecule has 2 heteroatoms. The summed E-state index contributed by atoms with van der Waals surface area (Å²) in [7, 11) is 0. The summed E-state index contributed by atoms with van der Waals surface area (Å²) < 4.78 is 0. The van der Waals surface area contributed by atoms with Gasteiger partial charge in [-0.3, -0.25) is 0 Å². The number of unbranched alkanes of at least 4 members (excludes halogenated alkanes) is 3. The minimum atomic E-state index is 0.612. The van der Waals surface area contributed by atoms with Gasteiger partial charge >= 0.3 is 0 Å². The van der Waals surface area contributed by atoms with Crippen LogP contribution in [0.1, 0.15) is 38.2 Å². The molecule has 0 saturated carbocycles. The lowest BCUT2D eigenvalue weighted by Crippen LogP contribution is -1.74. The quantitative estimate of drug-likeness (QED) is 0.493. The Bertz CT molecular complexity index is 205. The van der Waals surface area contributed by atoms with Gasteiger partial charge in [-0.15, -0.1) is 23.2 Å². The summed E-state index contributed by atoms with van der Waals surface area (Å²) >= 11 is 11.0. The highest BCUT2D eigenvalue weighted by molar-refractivity contribution is 6.17. The second-order valence-electron chi connectivity index (χ2n) is 3.37. The fourth-order valence-electron chi connectivity index (χ4n) is 1.09. The maximum atomic E-state index is 5.53. The van der Waals surface area contributed by atoms with Gasteiger partial charge in [-0.1, -0.05) is 56.5 Å². The molecular weight excluding hydrogens is 227 g/mol. The van der Waals surface area contributed by atoms with Crippen molar-refractivity contribution in [2.45, 2.75) is 38.5 Å². The normalized spacial score (nSPS) is 9.27. The van der Waals surface area contributed by atoms with E-state index in [2.05, 4.69) is 6.92 Å². The van der Waals surface area contributed by atoms with E-state index in [9.17, 15) is 0 Å². The van der Waals surface area contributed by atoms with Crippen molar-refractivity contribution in [2.75, 3.05) is 5.88 Å². The van der Waals surface area contributed by atoms with Crippen molar-refractivity contribution < 1.29 is 0 Å². The molecule has 1 aromatic rings. The van der Waals surface area contributed by atoms with Crippen molar-refractivity contribution in [1.29, 1.82) is 0 Å². The standard InChI is InChI=1S/C7H7Cl.C6H13Cl/c8-6-7-4-2-1-3-5-7;1-2-3-4-5-6-7/h1-5H,6H2;2-6H2,1H3. The molecule has 0 N–H and O–H groups in total. The van der Waals surface area contributed by atoms with Crippen LogP contribution in [-0.2, 0) is 5.88 Å². The van der Waals surface area contributed by atoms with E-state index in [-0.39, 0.29) is 0 Å². The molecule has 0 spiro atoms. The maximum Gasteiger partial charge on any atom is 0.0474 e. The molecule has 0 aliphatic rings. The Morgan fingerprint density at radius 3 is 2.00 bits per heavy atom. The van der Waals surface area contributed by atoms with Crippen LogP contribution >= 0.6 is 23.2 Å². The van der Waals surface area contributed by atoms with Crippen molar-refractivity contribution in [3.05, 3.63) is 35.9 Å². The summed E-state index contributed by atoms with van der Waals surface area (Å²) in [6.45, 7) is 2.20. The highest BCUT2D eigenvalue weighted by Gasteiger charge is 1.82. The van der Waals surface area contributed by atoms with Crippen molar-refractivity contribution in [3.63, 3.8) is 0 Å². The zero-order valence-electron chi connectivity index (χ0n) is 9.39. The van der Waals surface area contributed by atoms with E-state index in [0.29, 0.717) is 5.88 Å². The van der Waals surface area contributed by atoms with E-state index in [4.69, 9.17) is 23.2 Å². The van der Waals surface area contributed by atoms with Gasteiger partial charge in [-0.25, -0.2) is 0 Å². The molecule has 0 radical (unpaired) electrons. The molecule has 0 aliphatic heterocycles. The molecular formula is C13H20Cl2. The number of halogens is 2. The molecule has 0 atom stereocenters. The van der Waals surface area contributed by atoms with Crippen LogP contribution in [0, 0.1) is 0 Å². The molecule has 0 bridgehead atoms. The summed E-state index contributed by atoms with van der Waals surface area (Å²) in [5.74, 6) is 1.45. The molecule has 1 aromatic carbocycles. The van der Waals surface area contributed by atoms with Crippen LogP contribution in [0.25, 0.3) is 0 Å². The molecule has 0 aromatic heterocycles. The van der Waals surface area contributed by atoms with E-state index in [1.165, 1.54) is 31.2 Å². The number of hydrogen-bond acceptors (Lipinski definition) is 0. The largest absolute Gasteiger partial charge is 0.127 e. The topological polar surface area (TPSA) is 0 Å². The van der Waals surface area contributed by atoms with Gasteiger partial charge in [0.2, 0.25) is 0 Å². The molecule has 0 amide bonds. The third-order valence-electron chi connectivity index (χ3n) is 1.98. The van der Waals surface area contributed by atoms with Crippen molar-refractivity contribution in [3.8, 4) is 0 Å². The first-order chi connectivity index (χ1) is 7.35. The van der Waals surface area contributed by atoms with Crippen LogP contribution in [0.5, 0.6) is 0 Å². The molecule has 1 rings (SSSR count). The van der Waals surface area contributed by atoms with Gasteiger partial charge in [0.15, 0.2) is 0 Å². The second-order valence-corrected chi connectivity index (χ2v) is 4.01. The number of alkyl halides is 2. The van der Waals surface area contributed by atoms with E-state index in [1.54, 1.807) is 0 Å². The number of rotatable bonds is 5. The Hall–Kier alpha value is -0.200. The second kappa shape index (κ2) is 11.9. The lowest BCUT2D eigenvalue weighted by atomic mass is 10.2. The molecule has 0 fully saturated rings. The fraction of sp³-hybridized carbons (Fsp3) is 0.538. The van der Waals surface area contributed by atoms with Gasteiger partial charge in [0, 0.05) is 11.8 Å². The van der Waals surface area contributed by atoms with E-state index in [1.807, 2.05) is 30.3 Å². The molecule has 0 heterocycles. The molecule has 0 aliphatic carbocycles. The molecule has 86 valence electrons. The number of hydrogen-bond donors (Lipinski definition) is 0. The predicted octanol–water partition coefficient (Wildman–Crippen LogP) is 5.23. The van der Waals surface area contributed by atoms with Gasteiger partial charge in [0.25, 0.3) is 0 Å². The summed E-state index contributed by atoms with van der Waals surface area (Å²) in [5, 5.41) is 0. The zero-order valence-corrected chi connectivity index (χ0v) is 10.9. The summed E-state index contributed by atoms with van der Waals surface area (Å²) in [5.41, 5.74) is 1.18. The zero-order chi connectivity index (χ0) is 11.4. The van der Waals surface area contributed by atoms with Gasteiger partial charge in [0.1, 0.15) is 0 Å². The first kappa shape index (κ1) is 14.8. The Morgan fingerprint density at radius 1 is 0.933 bits per heavy atom. The third kappa shape index (κ3) is 10.1. The fourth-order valence-corrected chi connectivity index (χ4v) is 1.46. The van der Waals surface area contributed by atoms with Gasteiger partial charge in [0.05, 0.1) is 0 Å². The van der Waals surface area contributed by atoms with Crippen LogP contribution in [-0.4, -0.2) is 5.88 Å². The maximum absolute atomic E-state index is 5.53. The smallest absolute Gasteiger partial charge is 0.0474 e. The third-order valence-corrected chi connectivity index (χ3v) is 2.56. The van der Waals surface area contributed by atoms with Gasteiger partial charge < -0.3 is 0 Å². The Balaban J connectivity index is 0.000000265. The first-order valence-corrected chi connectivity index (χ1v) is 6.57. The molecule has 0 saturated heterocycles. The first-order valence-electron chi connectivity index (χ1n) is 5.51. The van der Waals surface area contributed by atoms with Crippen LogP contribution in [0.3, 0.4) is 0 Å². The molecule has 15 heavy (non-hydrogen) atoms. The van der Waals surface area contributed by atoms with E-state index >= 15 is 0 Å². The summed E-state index contributed by atoms with van der Waals surface area (Å²) in [6.07, 6.45) is 5.14. The van der Waals surface area contributed by atoms with E-state index in [0.717, 1.165) is 5.88 Å². The van der Waals surface area contributed by atoms with Crippen LogP contribution in [0.2, 0.25) is 0 Å². The minimum Gasteiger partial charge on any atom is -0.127 e. The van der Waals surface area contributed by atoms with Gasteiger partial charge in [-0.2, -0.15) is 0 Å². The van der Waals surface area contributed by atoms with Crippen LogP contribution < -0.4 is 0 Å². The van der Waals surface area contributed by atoms with Gasteiger partial charge in [-0.05, 0) is 12.0 Å². The average Bonchev–Trinajstić information content (AvgIpc) is 2.32. The number of benzene rings is 1. The highest BCUT2D eigenvalue weighted by atomic mass is 35.5. The molecule has 0 unspecified atom stereocenters. The highest BCUT2D eigenvalue weighted by Crippen LogP contribution is 2.00. The SMILES string of the molecule is CCCCCCCl.ClCc1ccccc1. The minimum absolute atomic E-state index is 0.612. The lowest BCUT2D eigenvalue weighted by molar-refractivity contribution is 0.705. The van der Waals surface area contributed by atoms with E-state index < -0.39 is 0 Å². The lowest BCUT2D eigenvalue weighted by Gasteiger charge is -1.89. The molecule has 0 nitrogen and oxygen atoms in total. The van der Waals surface area contributed by atoms with Crippen LogP contribution in [0.4, 0.5) is 0 Å². The van der Waals surface area contributed by atoms with Crippen molar-refractivity contribution in [2.24, 2.45) is 0 Å². The van der Waals surface area contributed by atoms with Crippen molar-refractivity contribution in [1.82, 2.24) is 0 Å². The average molecular weight is 247 g/mol. The Kier molecular flexibility index (Phi) is 11.7.